The maximum absolute atomic E-state index is 13.0. The van der Waals surface area contributed by atoms with Gasteiger partial charge in [-0.3, -0.25) is 4.79 Å². The third-order valence-corrected chi connectivity index (χ3v) is 4.93. The van der Waals surface area contributed by atoms with Crippen molar-refractivity contribution in [1.82, 2.24) is 9.80 Å². The van der Waals surface area contributed by atoms with Gasteiger partial charge in [0.1, 0.15) is 5.82 Å². The summed E-state index contributed by atoms with van der Waals surface area (Å²) < 4.78 is 13.0. The molecule has 2 saturated heterocycles. The van der Waals surface area contributed by atoms with Crippen LogP contribution in [-0.2, 0) is 4.79 Å². The van der Waals surface area contributed by atoms with E-state index in [0.29, 0.717) is 11.7 Å². The summed E-state index contributed by atoms with van der Waals surface area (Å²) in [6.07, 6.45) is 4.14. The minimum atomic E-state index is -0.268. The zero-order valence-electron chi connectivity index (χ0n) is 13.1. The molecule has 0 bridgehead atoms. The fraction of sp³-hybridized carbons (Fsp3) is 0.529. The van der Waals surface area contributed by atoms with Crippen molar-refractivity contribution in [3.8, 4) is 0 Å². The quantitative estimate of drug-likeness (QED) is 0.843. The Morgan fingerprint density at radius 2 is 1.74 bits per heavy atom. The van der Waals surface area contributed by atoms with Crippen molar-refractivity contribution in [2.24, 2.45) is 5.92 Å². The van der Waals surface area contributed by atoms with Crippen LogP contribution in [0.1, 0.15) is 25.7 Å². The molecule has 0 unspecified atom stereocenters. The van der Waals surface area contributed by atoms with Crippen LogP contribution in [-0.4, -0.2) is 47.0 Å². The molecule has 1 aromatic rings. The Bertz CT molecular complexity index is 572. The van der Waals surface area contributed by atoms with Crippen molar-refractivity contribution >= 4 is 28.9 Å². The summed E-state index contributed by atoms with van der Waals surface area (Å²) in [6, 6.07) is 6.14. The first kappa shape index (κ1) is 16.2. The number of amides is 1. The number of anilines is 1. The van der Waals surface area contributed by atoms with Gasteiger partial charge in [0.15, 0.2) is 5.11 Å². The second-order valence-electron chi connectivity index (χ2n) is 6.25. The molecule has 1 aromatic carbocycles. The van der Waals surface area contributed by atoms with Gasteiger partial charge in [-0.05, 0) is 62.2 Å². The lowest BCUT2D eigenvalue weighted by Gasteiger charge is -2.35. The van der Waals surface area contributed by atoms with E-state index in [4.69, 9.17) is 12.2 Å². The lowest BCUT2D eigenvalue weighted by Crippen LogP contribution is -2.47. The third-order valence-electron chi connectivity index (χ3n) is 4.57. The van der Waals surface area contributed by atoms with E-state index in [0.717, 1.165) is 51.0 Å². The molecule has 6 heteroatoms. The molecule has 0 aromatic heterocycles. The zero-order valence-corrected chi connectivity index (χ0v) is 13.9. The number of carbonyl (C=O) groups is 1. The van der Waals surface area contributed by atoms with E-state index in [1.165, 1.54) is 12.1 Å². The predicted octanol–water partition coefficient (Wildman–Crippen LogP) is 2.86. The van der Waals surface area contributed by atoms with E-state index in [9.17, 15) is 9.18 Å². The molecule has 124 valence electrons. The second kappa shape index (κ2) is 7.25. The molecule has 0 spiro atoms. The van der Waals surface area contributed by atoms with E-state index in [1.54, 1.807) is 12.1 Å². The number of piperidine rings is 1. The molecule has 0 saturated carbocycles. The topological polar surface area (TPSA) is 35.6 Å². The summed E-state index contributed by atoms with van der Waals surface area (Å²) >= 11 is 5.46. The molecule has 23 heavy (non-hydrogen) atoms. The summed E-state index contributed by atoms with van der Waals surface area (Å²) in [5.41, 5.74) is 0.768. The van der Waals surface area contributed by atoms with Crippen molar-refractivity contribution in [1.29, 1.82) is 0 Å². The molecule has 2 heterocycles. The highest BCUT2D eigenvalue weighted by atomic mass is 32.1. The average molecular weight is 335 g/mol. The number of rotatable bonds is 2. The maximum Gasteiger partial charge on any atom is 0.227 e. The lowest BCUT2D eigenvalue weighted by atomic mass is 9.97. The van der Waals surface area contributed by atoms with E-state index in [-0.39, 0.29) is 17.6 Å². The molecule has 3 rings (SSSR count). The van der Waals surface area contributed by atoms with Crippen LogP contribution in [0, 0.1) is 11.7 Å². The molecule has 1 N–H and O–H groups in total. The SMILES string of the molecule is O=C([C@@H]1CCCN(C(=S)Nc2ccc(F)cc2)C1)N1CCCC1. The third kappa shape index (κ3) is 3.99. The van der Waals surface area contributed by atoms with Gasteiger partial charge in [0.05, 0.1) is 5.92 Å². The molecule has 0 radical (unpaired) electrons. The Labute approximate surface area is 141 Å². The van der Waals surface area contributed by atoms with E-state index < -0.39 is 0 Å². The van der Waals surface area contributed by atoms with Gasteiger partial charge in [-0.25, -0.2) is 4.39 Å². The molecular weight excluding hydrogens is 313 g/mol. The molecule has 2 aliphatic heterocycles. The molecule has 0 aliphatic carbocycles. The number of halogens is 1. The standard InChI is InChI=1S/C17H22FN3OS/c18-14-5-7-15(8-6-14)19-17(23)21-11-3-4-13(12-21)16(22)20-9-1-2-10-20/h5-8,13H,1-4,9-12H2,(H,19,23)/t13-/m1/s1. The van der Waals surface area contributed by atoms with E-state index in [2.05, 4.69) is 10.2 Å². The highest BCUT2D eigenvalue weighted by Gasteiger charge is 2.31. The van der Waals surface area contributed by atoms with Crippen molar-refractivity contribution in [3.63, 3.8) is 0 Å². The maximum atomic E-state index is 13.0. The zero-order chi connectivity index (χ0) is 16.2. The minimum absolute atomic E-state index is 0.0369. The Balaban J connectivity index is 1.57. The number of thiocarbonyl (C=S) groups is 1. The van der Waals surface area contributed by atoms with Crippen molar-refractivity contribution in [2.75, 3.05) is 31.5 Å². The number of nitrogens with zero attached hydrogens (tertiary/aromatic N) is 2. The molecular formula is C17H22FN3OS. The molecule has 1 atom stereocenters. The monoisotopic (exact) mass is 335 g/mol. The summed E-state index contributed by atoms with van der Waals surface area (Å²) in [6.45, 7) is 3.32. The average Bonchev–Trinajstić information content (AvgIpc) is 3.11. The highest BCUT2D eigenvalue weighted by molar-refractivity contribution is 7.80. The number of nitrogens with one attached hydrogen (secondary N) is 1. The number of benzene rings is 1. The Morgan fingerprint density at radius 3 is 2.43 bits per heavy atom. The summed E-state index contributed by atoms with van der Waals surface area (Å²) in [5.74, 6) is 0.0438. The predicted molar refractivity (Wildman–Crippen MR) is 92.7 cm³/mol. The van der Waals surface area contributed by atoms with Gasteiger partial charge in [0.2, 0.25) is 5.91 Å². The fourth-order valence-electron chi connectivity index (χ4n) is 3.29. The fourth-order valence-corrected chi connectivity index (χ4v) is 3.58. The summed E-state index contributed by atoms with van der Waals surface area (Å²) in [7, 11) is 0. The first-order valence-corrected chi connectivity index (χ1v) is 8.64. The van der Waals surface area contributed by atoms with Crippen molar-refractivity contribution < 1.29 is 9.18 Å². The molecule has 2 fully saturated rings. The first-order valence-electron chi connectivity index (χ1n) is 8.24. The molecule has 2 aliphatic rings. The van der Waals surface area contributed by atoms with Crippen LogP contribution in [0.5, 0.6) is 0 Å². The Hall–Kier alpha value is -1.69. The van der Waals surface area contributed by atoms with Crippen LogP contribution in [0.4, 0.5) is 10.1 Å². The second-order valence-corrected chi connectivity index (χ2v) is 6.64. The number of hydrogen-bond acceptors (Lipinski definition) is 2. The van der Waals surface area contributed by atoms with Gasteiger partial charge in [0, 0.05) is 31.9 Å². The summed E-state index contributed by atoms with van der Waals surface area (Å²) in [5, 5.41) is 3.74. The van der Waals surface area contributed by atoms with Crippen molar-refractivity contribution in [2.45, 2.75) is 25.7 Å². The van der Waals surface area contributed by atoms with Gasteiger partial charge in [-0.15, -0.1) is 0 Å². The minimum Gasteiger partial charge on any atom is -0.348 e. The van der Waals surface area contributed by atoms with Crippen LogP contribution in [0.2, 0.25) is 0 Å². The first-order chi connectivity index (χ1) is 11.1. The van der Waals surface area contributed by atoms with Gasteiger partial charge >= 0.3 is 0 Å². The van der Waals surface area contributed by atoms with Crippen LogP contribution in [0.15, 0.2) is 24.3 Å². The van der Waals surface area contributed by atoms with E-state index >= 15 is 0 Å². The molecule has 4 nitrogen and oxygen atoms in total. The number of hydrogen-bond donors (Lipinski definition) is 1. The number of likely N-dealkylation sites (tertiary alicyclic amines) is 2. The largest absolute Gasteiger partial charge is 0.348 e. The van der Waals surface area contributed by atoms with E-state index in [1.807, 2.05) is 4.90 Å². The highest BCUT2D eigenvalue weighted by Crippen LogP contribution is 2.22. The van der Waals surface area contributed by atoms with Gasteiger partial charge in [-0.1, -0.05) is 0 Å². The number of carbonyl (C=O) groups excluding carboxylic acids is 1. The van der Waals surface area contributed by atoms with Gasteiger partial charge in [0.25, 0.3) is 0 Å². The smallest absolute Gasteiger partial charge is 0.227 e. The van der Waals surface area contributed by atoms with Crippen LogP contribution in [0.3, 0.4) is 0 Å². The lowest BCUT2D eigenvalue weighted by molar-refractivity contribution is -0.135. The van der Waals surface area contributed by atoms with Crippen molar-refractivity contribution in [3.05, 3.63) is 30.1 Å². The van der Waals surface area contributed by atoms with Crippen LogP contribution in [0.25, 0.3) is 0 Å². The normalized spacial score (nSPS) is 21.3. The Kier molecular flexibility index (Phi) is 5.10. The molecule has 1 amide bonds. The van der Waals surface area contributed by atoms with Gasteiger partial charge in [-0.2, -0.15) is 0 Å². The Morgan fingerprint density at radius 1 is 1.09 bits per heavy atom. The van der Waals surface area contributed by atoms with Crippen LogP contribution >= 0.6 is 12.2 Å². The van der Waals surface area contributed by atoms with Gasteiger partial charge < -0.3 is 15.1 Å². The summed E-state index contributed by atoms with van der Waals surface area (Å²) in [4.78, 5) is 16.6. The van der Waals surface area contributed by atoms with Crippen LogP contribution < -0.4 is 5.32 Å².